The van der Waals surface area contributed by atoms with E-state index in [0.717, 1.165) is 0 Å². The molecule has 2 atom stereocenters. The van der Waals surface area contributed by atoms with Crippen LogP contribution in [-0.2, 0) is 38.9 Å². The van der Waals surface area contributed by atoms with E-state index in [9.17, 15) is 22.8 Å². The quantitative estimate of drug-likeness (QED) is 0.738. The number of amides is 2. The Morgan fingerprint density at radius 3 is 2.59 bits per heavy atom. The molecule has 178 valence electrons. The van der Waals surface area contributed by atoms with Gasteiger partial charge in [0.15, 0.2) is 5.69 Å². The number of morpholine rings is 1. The van der Waals surface area contributed by atoms with Crippen molar-refractivity contribution >= 4 is 11.8 Å². The number of hydrogen-bond donors (Lipinski definition) is 1. The van der Waals surface area contributed by atoms with Crippen LogP contribution in [0.2, 0.25) is 0 Å². The Kier molecular flexibility index (Phi) is 6.80. The highest BCUT2D eigenvalue weighted by Gasteiger charge is 2.40. The Balaban J connectivity index is 1.72. The van der Waals surface area contributed by atoms with Crippen LogP contribution in [0.3, 0.4) is 0 Å². The van der Waals surface area contributed by atoms with E-state index in [-0.39, 0.29) is 74.1 Å². The highest BCUT2D eigenvalue weighted by Crippen LogP contribution is 2.35. The first-order valence-corrected chi connectivity index (χ1v) is 10.7. The average Bonchev–Trinajstić information content (AvgIpc) is 2.67. The first-order valence-electron chi connectivity index (χ1n) is 10.7. The number of carbonyl (C=O) groups is 2. The van der Waals surface area contributed by atoms with Gasteiger partial charge in [0.1, 0.15) is 12.4 Å². The minimum atomic E-state index is -4.59. The molecule has 0 aromatic carbocycles. The van der Waals surface area contributed by atoms with E-state index in [0.29, 0.717) is 6.54 Å². The van der Waals surface area contributed by atoms with Crippen LogP contribution >= 0.6 is 0 Å². The topological polar surface area (TPSA) is 102 Å². The molecular weight excluding hydrogens is 427 g/mol. The van der Waals surface area contributed by atoms with Gasteiger partial charge in [0.2, 0.25) is 11.8 Å². The Morgan fingerprint density at radius 2 is 1.97 bits per heavy atom. The predicted octanol–water partition coefficient (Wildman–Crippen LogP) is 1.64. The number of halogens is 3. The lowest BCUT2D eigenvalue weighted by atomic mass is 9.93. The Bertz CT molecular complexity index is 885. The van der Waals surface area contributed by atoms with Gasteiger partial charge in [-0.15, -0.1) is 0 Å². The van der Waals surface area contributed by atoms with Crippen LogP contribution in [0, 0.1) is 0 Å². The van der Waals surface area contributed by atoms with Gasteiger partial charge in [-0.1, -0.05) is 20.8 Å². The fourth-order valence-electron chi connectivity index (χ4n) is 3.86. The molecule has 0 bridgehead atoms. The largest absolute Gasteiger partial charge is 0.433 e. The number of ether oxygens (including phenoxy) is 1. The molecular formula is C21H30F3N5O3. The van der Waals surface area contributed by atoms with Gasteiger partial charge < -0.3 is 20.3 Å². The van der Waals surface area contributed by atoms with E-state index >= 15 is 0 Å². The van der Waals surface area contributed by atoms with Gasteiger partial charge in [0.05, 0.1) is 18.3 Å². The van der Waals surface area contributed by atoms with Gasteiger partial charge in [-0.05, 0) is 13.3 Å². The SMILES string of the molecule is C[C@H]1CN(C[C@H](N)CC(=O)N2CCc3c(nc(C(C)(C)C)nc3C(F)(F)F)C2)C(=O)CO1. The van der Waals surface area contributed by atoms with Crippen LogP contribution in [0.1, 0.15) is 56.9 Å². The number of hydrogen-bond acceptors (Lipinski definition) is 6. The second-order valence-electron chi connectivity index (χ2n) is 9.52. The van der Waals surface area contributed by atoms with Crippen LogP contribution in [0.25, 0.3) is 0 Å². The van der Waals surface area contributed by atoms with E-state index in [1.54, 1.807) is 25.7 Å². The van der Waals surface area contributed by atoms with E-state index in [1.165, 1.54) is 4.90 Å². The van der Waals surface area contributed by atoms with Crippen LogP contribution in [0.5, 0.6) is 0 Å². The smallest absolute Gasteiger partial charge is 0.367 e. The predicted molar refractivity (Wildman–Crippen MR) is 109 cm³/mol. The number of nitrogens with zero attached hydrogens (tertiary/aromatic N) is 4. The zero-order chi connectivity index (χ0) is 23.8. The molecule has 2 aliphatic rings. The molecule has 0 unspecified atom stereocenters. The van der Waals surface area contributed by atoms with E-state index in [2.05, 4.69) is 9.97 Å². The lowest BCUT2D eigenvalue weighted by molar-refractivity contribution is -0.148. The Labute approximate surface area is 185 Å². The number of fused-ring (bicyclic) bond motifs is 1. The van der Waals surface area contributed by atoms with Gasteiger partial charge in [-0.25, -0.2) is 9.97 Å². The lowest BCUT2D eigenvalue weighted by Gasteiger charge is -2.34. The standard InChI is InChI=1S/C21H30F3N5O3/c1-12-8-29(17(31)11-32-12)9-13(25)7-16(30)28-6-5-14-15(10-28)26-19(20(2,3)4)27-18(14)21(22,23)24/h12-13H,5-11,25H2,1-4H3/t12-,13+/m0/s1. The first kappa shape index (κ1) is 24.4. The van der Waals surface area contributed by atoms with E-state index in [1.807, 2.05) is 6.92 Å². The third kappa shape index (κ3) is 5.55. The molecule has 8 nitrogen and oxygen atoms in total. The van der Waals surface area contributed by atoms with E-state index < -0.39 is 23.3 Å². The van der Waals surface area contributed by atoms with Gasteiger partial charge in [-0.3, -0.25) is 9.59 Å². The zero-order valence-corrected chi connectivity index (χ0v) is 18.8. The maximum absolute atomic E-state index is 13.6. The Hall–Kier alpha value is -2.27. The first-order chi connectivity index (χ1) is 14.8. The van der Waals surface area contributed by atoms with Crippen molar-refractivity contribution in [1.29, 1.82) is 0 Å². The lowest BCUT2D eigenvalue weighted by Crippen LogP contribution is -2.51. The second kappa shape index (κ2) is 8.93. The summed E-state index contributed by atoms with van der Waals surface area (Å²) in [6.45, 7) is 7.80. The zero-order valence-electron chi connectivity index (χ0n) is 18.8. The summed E-state index contributed by atoms with van der Waals surface area (Å²) < 4.78 is 46.2. The number of carbonyl (C=O) groups excluding carboxylic acids is 2. The third-order valence-corrected chi connectivity index (χ3v) is 5.57. The highest BCUT2D eigenvalue weighted by atomic mass is 19.4. The molecule has 1 aromatic heterocycles. The summed E-state index contributed by atoms with van der Waals surface area (Å²) in [5.41, 5.74) is 4.80. The monoisotopic (exact) mass is 457 g/mol. The van der Waals surface area contributed by atoms with Crippen molar-refractivity contribution in [1.82, 2.24) is 19.8 Å². The summed E-state index contributed by atoms with van der Waals surface area (Å²) in [4.78, 5) is 36.0. The number of nitrogens with two attached hydrogens (primary N) is 1. The normalized spacial score (nSPS) is 20.9. The molecule has 32 heavy (non-hydrogen) atoms. The van der Waals surface area contributed by atoms with Crippen molar-refractivity contribution in [3.05, 3.63) is 22.8 Å². The molecule has 3 rings (SSSR count). The van der Waals surface area contributed by atoms with Crippen molar-refractivity contribution in [3.63, 3.8) is 0 Å². The molecule has 1 saturated heterocycles. The third-order valence-electron chi connectivity index (χ3n) is 5.57. The summed E-state index contributed by atoms with van der Waals surface area (Å²) in [5, 5.41) is 0. The molecule has 3 heterocycles. The molecule has 0 aliphatic carbocycles. The molecule has 2 amide bonds. The van der Waals surface area contributed by atoms with Gasteiger partial charge in [0.25, 0.3) is 0 Å². The van der Waals surface area contributed by atoms with Crippen molar-refractivity contribution < 1.29 is 27.5 Å². The molecule has 0 spiro atoms. The summed E-state index contributed by atoms with van der Waals surface area (Å²) in [6, 6.07) is -0.584. The number of aromatic nitrogens is 2. The van der Waals surface area contributed by atoms with E-state index in [4.69, 9.17) is 10.5 Å². The molecule has 0 radical (unpaired) electrons. The molecule has 1 fully saturated rings. The van der Waals surface area contributed by atoms with Gasteiger partial charge in [0, 0.05) is 43.1 Å². The van der Waals surface area contributed by atoms with Crippen LogP contribution in [-0.4, -0.2) is 70.0 Å². The van der Waals surface area contributed by atoms with Crippen LogP contribution in [0.15, 0.2) is 0 Å². The molecule has 2 N–H and O–H groups in total. The van der Waals surface area contributed by atoms with Crippen LogP contribution < -0.4 is 5.73 Å². The maximum atomic E-state index is 13.6. The average molecular weight is 457 g/mol. The summed E-state index contributed by atoms with van der Waals surface area (Å²) in [5.74, 6) is -0.361. The van der Waals surface area contributed by atoms with Crippen molar-refractivity contribution in [2.24, 2.45) is 5.73 Å². The van der Waals surface area contributed by atoms with Crippen LogP contribution in [0.4, 0.5) is 13.2 Å². The minimum Gasteiger partial charge on any atom is -0.367 e. The molecule has 2 aliphatic heterocycles. The molecule has 0 saturated carbocycles. The number of alkyl halides is 3. The summed E-state index contributed by atoms with van der Waals surface area (Å²) in [7, 11) is 0. The minimum absolute atomic E-state index is 0.0118. The van der Waals surface area contributed by atoms with Crippen molar-refractivity contribution in [2.45, 2.75) is 70.8 Å². The summed E-state index contributed by atoms with van der Waals surface area (Å²) in [6.07, 6.45) is -4.69. The Morgan fingerprint density at radius 1 is 1.28 bits per heavy atom. The molecule has 11 heteroatoms. The fourth-order valence-corrected chi connectivity index (χ4v) is 3.86. The van der Waals surface area contributed by atoms with Gasteiger partial charge >= 0.3 is 6.18 Å². The van der Waals surface area contributed by atoms with Gasteiger partial charge in [-0.2, -0.15) is 13.2 Å². The summed E-state index contributed by atoms with van der Waals surface area (Å²) >= 11 is 0. The van der Waals surface area contributed by atoms with Crippen molar-refractivity contribution in [2.75, 3.05) is 26.2 Å². The molecule has 1 aromatic rings. The highest BCUT2D eigenvalue weighted by molar-refractivity contribution is 5.79. The maximum Gasteiger partial charge on any atom is 0.433 e. The fraction of sp³-hybridized carbons (Fsp3) is 0.714. The second-order valence-corrected chi connectivity index (χ2v) is 9.52. The van der Waals surface area contributed by atoms with Crippen molar-refractivity contribution in [3.8, 4) is 0 Å². The number of rotatable bonds is 4.